The van der Waals surface area contributed by atoms with Crippen molar-refractivity contribution in [3.05, 3.63) is 70.5 Å². The van der Waals surface area contributed by atoms with Crippen molar-refractivity contribution in [1.29, 1.82) is 0 Å². The minimum Gasteiger partial charge on any atom is -0.340 e. The first-order valence-corrected chi connectivity index (χ1v) is 9.56. The molecule has 0 bridgehead atoms. The Bertz CT molecular complexity index is 1010. The zero-order valence-corrected chi connectivity index (χ0v) is 15.7. The van der Waals surface area contributed by atoms with Crippen molar-refractivity contribution in [2.45, 2.75) is 19.4 Å². The van der Waals surface area contributed by atoms with E-state index in [1.54, 1.807) is 12.3 Å². The Balaban J connectivity index is 1.30. The number of para-hydroxylation sites is 1. The summed E-state index contributed by atoms with van der Waals surface area (Å²) in [5, 5.41) is 0.572. The van der Waals surface area contributed by atoms with Crippen LogP contribution in [-0.2, 0) is 17.8 Å². The van der Waals surface area contributed by atoms with E-state index in [4.69, 9.17) is 0 Å². The third-order valence-electron chi connectivity index (χ3n) is 5.09. The Hall–Kier alpha value is -3.06. The maximum absolute atomic E-state index is 12.6. The van der Waals surface area contributed by atoms with Crippen LogP contribution in [0.4, 0.5) is 0 Å². The van der Waals surface area contributed by atoms with Gasteiger partial charge in [-0.3, -0.25) is 19.5 Å². The van der Waals surface area contributed by atoms with Gasteiger partial charge < -0.3 is 9.88 Å². The number of amides is 1. The maximum atomic E-state index is 12.6. The first-order valence-electron chi connectivity index (χ1n) is 9.56. The van der Waals surface area contributed by atoms with Crippen LogP contribution in [0.15, 0.2) is 53.6 Å². The lowest BCUT2D eigenvalue weighted by atomic mass is 10.2. The van der Waals surface area contributed by atoms with Gasteiger partial charge in [-0.2, -0.15) is 0 Å². The van der Waals surface area contributed by atoms with Crippen molar-refractivity contribution in [2.24, 2.45) is 0 Å². The molecule has 1 aliphatic heterocycles. The van der Waals surface area contributed by atoms with Gasteiger partial charge in [0.15, 0.2) is 0 Å². The van der Waals surface area contributed by atoms with Gasteiger partial charge in [-0.15, -0.1) is 0 Å². The molecule has 1 amide bonds. The van der Waals surface area contributed by atoms with E-state index in [1.807, 2.05) is 35.4 Å². The number of H-pyrrole nitrogens is 1. The SMILES string of the molecule is O=C(CCc1nc2ccccc2c(=O)[nH]1)N1CCN(Cc2cccnc2)CC1. The van der Waals surface area contributed by atoms with Gasteiger partial charge in [0.1, 0.15) is 5.82 Å². The molecule has 1 fully saturated rings. The van der Waals surface area contributed by atoms with Crippen molar-refractivity contribution < 1.29 is 4.79 Å². The number of benzene rings is 1. The van der Waals surface area contributed by atoms with Gasteiger partial charge >= 0.3 is 0 Å². The van der Waals surface area contributed by atoms with E-state index in [9.17, 15) is 9.59 Å². The monoisotopic (exact) mass is 377 g/mol. The van der Waals surface area contributed by atoms with E-state index in [2.05, 4.69) is 25.9 Å². The summed E-state index contributed by atoms with van der Waals surface area (Å²) < 4.78 is 0. The molecule has 1 aromatic carbocycles. The van der Waals surface area contributed by atoms with Gasteiger partial charge in [0.2, 0.25) is 5.91 Å². The molecule has 7 heteroatoms. The standard InChI is InChI=1S/C21H23N5O2/c27-20(8-7-19-23-18-6-2-1-5-17(18)21(28)24-19)26-12-10-25(11-13-26)15-16-4-3-9-22-14-16/h1-6,9,14H,7-8,10-13,15H2,(H,23,24,28). The molecular weight excluding hydrogens is 354 g/mol. The fourth-order valence-electron chi connectivity index (χ4n) is 3.54. The van der Waals surface area contributed by atoms with E-state index < -0.39 is 0 Å². The Morgan fingerprint density at radius 2 is 1.89 bits per heavy atom. The molecule has 28 heavy (non-hydrogen) atoms. The van der Waals surface area contributed by atoms with Crippen LogP contribution in [0.2, 0.25) is 0 Å². The maximum Gasteiger partial charge on any atom is 0.258 e. The Morgan fingerprint density at radius 3 is 2.68 bits per heavy atom. The van der Waals surface area contributed by atoms with Gasteiger partial charge in [0.25, 0.3) is 5.56 Å². The van der Waals surface area contributed by atoms with Crippen LogP contribution in [0.25, 0.3) is 10.9 Å². The number of fused-ring (bicyclic) bond motifs is 1. The van der Waals surface area contributed by atoms with Crippen LogP contribution in [0, 0.1) is 0 Å². The fourth-order valence-corrected chi connectivity index (χ4v) is 3.54. The smallest absolute Gasteiger partial charge is 0.258 e. The number of aromatic nitrogens is 3. The summed E-state index contributed by atoms with van der Waals surface area (Å²) in [7, 11) is 0. The lowest BCUT2D eigenvalue weighted by Gasteiger charge is -2.34. The zero-order valence-electron chi connectivity index (χ0n) is 15.7. The van der Waals surface area contributed by atoms with Crippen LogP contribution < -0.4 is 5.56 Å². The molecule has 0 atom stereocenters. The number of aromatic amines is 1. The number of hydrogen-bond acceptors (Lipinski definition) is 5. The molecule has 0 spiro atoms. The Morgan fingerprint density at radius 1 is 1.07 bits per heavy atom. The van der Waals surface area contributed by atoms with E-state index in [-0.39, 0.29) is 11.5 Å². The second kappa shape index (κ2) is 8.31. The molecule has 4 rings (SSSR count). The minimum absolute atomic E-state index is 0.108. The highest BCUT2D eigenvalue weighted by molar-refractivity contribution is 5.78. The predicted molar refractivity (Wildman–Crippen MR) is 107 cm³/mol. The lowest BCUT2D eigenvalue weighted by molar-refractivity contribution is -0.133. The van der Waals surface area contributed by atoms with Crippen LogP contribution in [-0.4, -0.2) is 56.8 Å². The van der Waals surface area contributed by atoms with E-state index in [1.165, 1.54) is 5.56 Å². The summed E-state index contributed by atoms with van der Waals surface area (Å²) in [6.07, 6.45) is 4.45. The summed E-state index contributed by atoms with van der Waals surface area (Å²) in [5.41, 5.74) is 1.70. The summed E-state index contributed by atoms with van der Waals surface area (Å²) >= 11 is 0. The molecule has 1 N–H and O–H groups in total. The van der Waals surface area contributed by atoms with Crippen molar-refractivity contribution in [3.8, 4) is 0 Å². The van der Waals surface area contributed by atoms with Crippen LogP contribution in [0.5, 0.6) is 0 Å². The molecular formula is C21H23N5O2. The number of pyridine rings is 1. The summed E-state index contributed by atoms with van der Waals surface area (Å²) in [6, 6.07) is 11.3. The van der Waals surface area contributed by atoms with E-state index >= 15 is 0 Å². The van der Waals surface area contributed by atoms with Crippen molar-refractivity contribution >= 4 is 16.8 Å². The molecule has 0 aliphatic carbocycles. The van der Waals surface area contributed by atoms with Gasteiger partial charge in [0.05, 0.1) is 10.9 Å². The fraction of sp³-hybridized carbons (Fsp3) is 0.333. The molecule has 3 heterocycles. The van der Waals surface area contributed by atoms with Gasteiger partial charge in [-0.1, -0.05) is 18.2 Å². The van der Waals surface area contributed by atoms with Gasteiger partial charge in [-0.05, 0) is 23.8 Å². The second-order valence-corrected chi connectivity index (χ2v) is 7.05. The first kappa shape index (κ1) is 18.3. The van der Waals surface area contributed by atoms with Crippen molar-refractivity contribution in [2.75, 3.05) is 26.2 Å². The summed E-state index contributed by atoms with van der Waals surface area (Å²) in [4.78, 5) is 40.3. The van der Waals surface area contributed by atoms with Crippen LogP contribution in [0.1, 0.15) is 17.8 Å². The van der Waals surface area contributed by atoms with Gasteiger partial charge in [0, 0.05) is 58.0 Å². The molecule has 2 aromatic heterocycles. The highest BCUT2D eigenvalue weighted by Gasteiger charge is 2.21. The van der Waals surface area contributed by atoms with Crippen molar-refractivity contribution in [1.82, 2.24) is 24.8 Å². The number of piperazine rings is 1. The Kier molecular flexibility index (Phi) is 5.43. The number of carbonyl (C=O) groups is 1. The molecule has 0 radical (unpaired) electrons. The largest absolute Gasteiger partial charge is 0.340 e. The van der Waals surface area contributed by atoms with Gasteiger partial charge in [-0.25, -0.2) is 4.98 Å². The average Bonchev–Trinajstić information content (AvgIpc) is 2.73. The third kappa shape index (κ3) is 4.26. The minimum atomic E-state index is -0.155. The highest BCUT2D eigenvalue weighted by Crippen LogP contribution is 2.10. The number of aryl methyl sites for hydroxylation is 1. The molecule has 7 nitrogen and oxygen atoms in total. The molecule has 0 saturated carbocycles. The molecule has 144 valence electrons. The highest BCUT2D eigenvalue weighted by atomic mass is 16.2. The first-order chi connectivity index (χ1) is 13.7. The second-order valence-electron chi connectivity index (χ2n) is 7.05. The van der Waals surface area contributed by atoms with E-state index in [0.717, 1.165) is 32.7 Å². The number of carbonyl (C=O) groups excluding carboxylic acids is 1. The number of hydrogen-bond donors (Lipinski definition) is 1. The number of rotatable bonds is 5. The summed E-state index contributed by atoms with van der Waals surface area (Å²) in [5.74, 6) is 0.670. The topological polar surface area (TPSA) is 82.2 Å². The van der Waals surface area contributed by atoms with E-state index in [0.29, 0.717) is 29.6 Å². The Labute approximate surface area is 163 Å². The quantitative estimate of drug-likeness (QED) is 0.730. The van der Waals surface area contributed by atoms with Crippen LogP contribution >= 0.6 is 0 Å². The summed E-state index contributed by atoms with van der Waals surface area (Å²) in [6.45, 7) is 4.01. The molecule has 0 unspecified atom stereocenters. The number of nitrogens with zero attached hydrogens (tertiary/aromatic N) is 4. The molecule has 3 aromatic rings. The molecule has 1 saturated heterocycles. The van der Waals surface area contributed by atoms with Crippen molar-refractivity contribution in [3.63, 3.8) is 0 Å². The lowest BCUT2D eigenvalue weighted by Crippen LogP contribution is -2.48. The predicted octanol–water partition coefficient (Wildman–Crippen LogP) is 1.60. The number of nitrogens with one attached hydrogen (secondary N) is 1. The normalized spacial score (nSPS) is 15.1. The average molecular weight is 377 g/mol. The molecule has 1 aliphatic rings. The third-order valence-corrected chi connectivity index (χ3v) is 5.09. The zero-order chi connectivity index (χ0) is 19.3. The van der Waals surface area contributed by atoms with Crippen LogP contribution in [0.3, 0.4) is 0 Å².